The zero-order valence-electron chi connectivity index (χ0n) is 7.54. The fourth-order valence-electron chi connectivity index (χ4n) is 1.44. The fraction of sp³-hybridized carbons (Fsp3) is 0.400. The molecule has 0 unspecified atom stereocenters. The Bertz CT molecular complexity index is 349. The summed E-state index contributed by atoms with van der Waals surface area (Å²) in [6.07, 6.45) is 5.22. The van der Waals surface area contributed by atoms with E-state index >= 15 is 0 Å². The SMILES string of the molecule is O=C1[C]=C(N2CC2)C(=O)[C]=C1N1CC1. The highest BCUT2D eigenvalue weighted by molar-refractivity contribution is 6.15. The number of Topliss-reactive ketones (excluding diaryl/α,β-unsaturated/α-hetero) is 2. The number of hydrogen-bond donors (Lipinski definition) is 0. The average molecular weight is 188 g/mol. The second kappa shape index (κ2) is 2.47. The quantitative estimate of drug-likeness (QED) is 0.418. The zero-order chi connectivity index (χ0) is 9.71. The highest BCUT2D eigenvalue weighted by Gasteiger charge is 2.34. The van der Waals surface area contributed by atoms with Crippen LogP contribution in [-0.4, -0.2) is 47.5 Å². The van der Waals surface area contributed by atoms with Crippen LogP contribution in [-0.2, 0) is 9.59 Å². The Labute approximate surface area is 81.5 Å². The summed E-state index contributed by atoms with van der Waals surface area (Å²) in [5, 5.41) is 0. The van der Waals surface area contributed by atoms with Gasteiger partial charge in [0, 0.05) is 26.2 Å². The molecule has 4 heteroatoms. The molecule has 2 aliphatic heterocycles. The molecule has 4 nitrogen and oxygen atoms in total. The monoisotopic (exact) mass is 188 g/mol. The normalized spacial score (nSPS) is 24.9. The van der Waals surface area contributed by atoms with Crippen LogP contribution < -0.4 is 0 Å². The maximum Gasteiger partial charge on any atom is 0.212 e. The van der Waals surface area contributed by atoms with Gasteiger partial charge in [-0.3, -0.25) is 9.59 Å². The number of carbonyl (C=O) groups is 2. The summed E-state index contributed by atoms with van der Waals surface area (Å²) in [7, 11) is 0. The van der Waals surface area contributed by atoms with Gasteiger partial charge in [0.05, 0.1) is 23.5 Å². The molecule has 0 aromatic rings. The maximum absolute atomic E-state index is 11.5. The average Bonchev–Trinajstić information content (AvgIpc) is 3.03. The lowest BCUT2D eigenvalue weighted by molar-refractivity contribution is -0.117. The van der Waals surface area contributed by atoms with E-state index in [-0.39, 0.29) is 11.6 Å². The number of allylic oxidation sites excluding steroid dienone is 2. The summed E-state index contributed by atoms with van der Waals surface area (Å²) in [5.41, 5.74) is 0.779. The number of hydrogen-bond acceptors (Lipinski definition) is 4. The van der Waals surface area contributed by atoms with E-state index in [0.29, 0.717) is 11.4 Å². The number of nitrogens with zero attached hydrogens (tertiary/aromatic N) is 2. The van der Waals surface area contributed by atoms with Crippen LogP contribution >= 0.6 is 0 Å². The van der Waals surface area contributed by atoms with Gasteiger partial charge in [0.25, 0.3) is 0 Å². The van der Waals surface area contributed by atoms with Crippen molar-refractivity contribution in [1.82, 2.24) is 9.80 Å². The minimum Gasteiger partial charge on any atom is -0.364 e. The third-order valence-corrected chi connectivity index (χ3v) is 2.42. The predicted octanol–water partition coefficient (Wildman–Crippen LogP) is -0.856. The maximum atomic E-state index is 11.5. The van der Waals surface area contributed by atoms with Gasteiger partial charge in [0.2, 0.25) is 11.6 Å². The minimum absolute atomic E-state index is 0.205. The van der Waals surface area contributed by atoms with Crippen molar-refractivity contribution in [2.75, 3.05) is 26.2 Å². The number of rotatable bonds is 2. The van der Waals surface area contributed by atoms with Crippen molar-refractivity contribution in [3.63, 3.8) is 0 Å². The first kappa shape index (κ1) is 7.79. The van der Waals surface area contributed by atoms with E-state index in [4.69, 9.17) is 0 Å². The van der Waals surface area contributed by atoms with Gasteiger partial charge in [0.15, 0.2) is 0 Å². The van der Waals surface area contributed by atoms with Crippen LogP contribution in [0.15, 0.2) is 11.4 Å². The van der Waals surface area contributed by atoms with Crippen molar-refractivity contribution in [3.05, 3.63) is 23.5 Å². The Morgan fingerprint density at radius 3 is 1.43 bits per heavy atom. The Hall–Kier alpha value is -1.58. The summed E-state index contributed by atoms with van der Waals surface area (Å²) in [6.45, 7) is 3.40. The molecule has 2 heterocycles. The predicted molar refractivity (Wildman–Crippen MR) is 46.7 cm³/mol. The highest BCUT2D eigenvalue weighted by atomic mass is 16.1. The standard InChI is InChI=1S/C10H8N2O2/c13-9-6-8(12-3-4-12)10(14)5-7(9)11-1-2-11/h1-4H2. The van der Waals surface area contributed by atoms with E-state index < -0.39 is 0 Å². The van der Waals surface area contributed by atoms with Gasteiger partial charge in [-0.15, -0.1) is 0 Å². The molecule has 3 aliphatic rings. The smallest absolute Gasteiger partial charge is 0.212 e. The Balaban J connectivity index is 1.90. The van der Waals surface area contributed by atoms with Crippen molar-refractivity contribution in [1.29, 1.82) is 0 Å². The molecule has 2 saturated heterocycles. The van der Waals surface area contributed by atoms with Crippen molar-refractivity contribution in [2.24, 2.45) is 0 Å². The summed E-state index contributed by atoms with van der Waals surface area (Å²) >= 11 is 0. The van der Waals surface area contributed by atoms with Crippen LogP contribution in [0.3, 0.4) is 0 Å². The number of carbonyl (C=O) groups excluding carboxylic acids is 2. The van der Waals surface area contributed by atoms with Crippen LogP contribution in [0.1, 0.15) is 0 Å². The molecule has 0 amide bonds. The molecule has 2 fully saturated rings. The third-order valence-electron chi connectivity index (χ3n) is 2.42. The molecular weight excluding hydrogens is 180 g/mol. The Morgan fingerprint density at radius 2 is 1.14 bits per heavy atom. The Morgan fingerprint density at radius 1 is 0.786 bits per heavy atom. The molecule has 2 radical (unpaired) electrons. The molecule has 0 atom stereocenters. The largest absolute Gasteiger partial charge is 0.364 e. The second-order valence-electron chi connectivity index (χ2n) is 3.58. The molecule has 0 saturated carbocycles. The minimum atomic E-state index is -0.205. The van der Waals surface area contributed by atoms with Crippen LogP contribution in [0.25, 0.3) is 0 Å². The number of ketones is 2. The zero-order valence-corrected chi connectivity index (χ0v) is 7.54. The van der Waals surface area contributed by atoms with E-state index in [2.05, 4.69) is 12.2 Å². The molecule has 14 heavy (non-hydrogen) atoms. The Kier molecular flexibility index (Phi) is 1.37. The summed E-state index contributed by atoms with van der Waals surface area (Å²) in [4.78, 5) is 26.7. The lowest BCUT2D eigenvalue weighted by Gasteiger charge is -2.12. The van der Waals surface area contributed by atoms with Gasteiger partial charge < -0.3 is 9.80 Å². The van der Waals surface area contributed by atoms with E-state index in [0.717, 1.165) is 26.2 Å². The molecule has 0 bridgehead atoms. The van der Waals surface area contributed by atoms with E-state index in [1.165, 1.54) is 0 Å². The molecule has 1 aliphatic carbocycles. The van der Waals surface area contributed by atoms with Gasteiger partial charge in [-0.05, 0) is 0 Å². The van der Waals surface area contributed by atoms with Gasteiger partial charge in [-0.2, -0.15) is 0 Å². The summed E-state index contributed by atoms with van der Waals surface area (Å²) in [5.74, 6) is -0.409. The van der Waals surface area contributed by atoms with Gasteiger partial charge in [0.1, 0.15) is 0 Å². The second-order valence-corrected chi connectivity index (χ2v) is 3.58. The molecule has 0 spiro atoms. The molecule has 0 N–H and O–H groups in total. The summed E-state index contributed by atoms with van der Waals surface area (Å²) < 4.78 is 0. The van der Waals surface area contributed by atoms with E-state index in [1.54, 1.807) is 0 Å². The van der Waals surface area contributed by atoms with Crippen LogP contribution in [0, 0.1) is 12.2 Å². The molecule has 3 rings (SSSR count). The van der Waals surface area contributed by atoms with E-state index in [9.17, 15) is 9.59 Å². The topological polar surface area (TPSA) is 40.2 Å². The van der Waals surface area contributed by atoms with Crippen molar-refractivity contribution in [3.8, 4) is 0 Å². The first-order chi connectivity index (χ1) is 6.75. The van der Waals surface area contributed by atoms with Crippen molar-refractivity contribution >= 4 is 11.6 Å². The first-order valence-corrected chi connectivity index (χ1v) is 4.62. The highest BCUT2D eigenvalue weighted by Crippen LogP contribution is 2.24. The van der Waals surface area contributed by atoms with Crippen LogP contribution in [0.4, 0.5) is 0 Å². The molecule has 0 aromatic heterocycles. The molecule has 70 valence electrons. The van der Waals surface area contributed by atoms with Crippen molar-refractivity contribution in [2.45, 2.75) is 0 Å². The molecular formula is C10H8N2O2. The van der Waals surface area contributed by atoms with Gasteiger partial charge in [-0.1, -0.05) is 0 Å². The first-order valence-electron chi connectivity index (χ1n) is 4.62. The van der Waals surface area contributed by atoms with E-state index in [1.807, 2.05) is 9.80 Å². The summed E-state index contributed by atoms with van der Waals surface area (Å²) in [6, 6.07) is 0. The van der Waals surface area contributed by atoms with Gasteiger partial charge in [-0.25, -0.2) is 0 Å². The fourth-order valence-corrected chi connectivity index (χ4v) is 1.44. The van der Waals surface area contributed by atoms with Crippen LogP contribution in [0.5, 0.6) is 0 Å². The third kappa shape index (κ3) is 1.14. The lowest BCUT2D eigenvalue weighted by Crippen LogP contribution is -2.22. The van der Waals surface area contributed by atoms with Crippen LogP contribution in [0.2, 0.25) is 0 Å². The van der Waals surface area contributed by atoms with Crippen molar-refractivity contribution < 1.29 is 9.59 Å². The molecule has 0 aromatic carbocycles. The van der Waals surface area contributed by atoms with Gasteiger partial charge >= 0.3 is 0 Å². The lowest BCUT2D eigenvalue weighted by atomic mass is 10.1.